The lowest BCUT2D eigenvalue weighted by Crippen LogP contribution is -2.60. The molecule has 0 spiro atoms. The number of ether oxygens (including phenoxy) is 1. The molecule has 0 amide bonds. The second kappa shape index (κ2) is 10.6. The molecule has 126 valence electrons. The number of nitrogens with two attached hydrogens (primary N) is 1. The summed E-state index contributed by atoms with van der Waals surface area (Å²) in [7, 11) is 0. The van der Waals surface area contributed by atoms with Crippen molar-refractivity contribution in [1.29, 1.82) is 0 Å². The highest BCUT2D eigenvalue weighted by atomic mass is 16.5. The van der Waals surface area contributed by atoms with Crippen LogP contribution in [-0.2, 0) is 4.74 Å². The highest BCUT2D eigenvalue weighted by Crippen LogP contribution is 2.26. The van der Waals surface area contributed by atoms with Crippen molar-refractivity contribution < 1.29 is 4.74 Å². The van der Waals surface area contributed by atoms with Gasteiger partial charge in [-0.2, -0.15) is 0 Å². The lowest BCUT2D eigenvalue weighted by atomic mass is 9.84. The van der Waals surface area contributed by atoms with Crippen molar-refractivity contribution in [3.63, 3.8) is 0 Å². The van der Waals surface area contributed by atoms with Gasteiger partial charge in [0, 0.05) is 24.7 Å². The Balaban J connectivity index is 2.25. The maximum atomic E-state index is 6.57. The monoisotopic (exact) mass is 298 g/mol. The average molecular weight is 299 g/mol. The van der Waals surface area contributed by atoms with Gasteiger partial charge in [-0.1, -0.05) is 58.8 Å². The van der Waals surface area contributed by atoms with Crippen molar-refractivity contribution in [3.05, 3.63) is 0 Å². The van der Waals surface area contributed by atoms with E-state index < -0.39 is 0 Å². The van der Waals surface area contributed by atoms with Crippen LogP contribution < -0.4 is 5.73 Å². The summed E-state index contributed by atoms with van der Waals surface area (Å²) in [5.74, 6) is 0. The number of unbranched alkanes of at least 4 members (excludes halogenated alkanes) is 6. The molecular formula is C18H38N2O. The van der Waals surface area contributed by atoms with E-state index in [1.165, 1.54) is 44.9 Å². The van der Waals surface area contributed by atoms with Gasteiger partial charge in [-0.05, 0) is 19.8 Å². The van der Waals surface area contributed by atoms with Crippen molar-refractivity contribution in [2.45, 2.75) is 90.1 Å². The minimum absolute atomic E-state index is 0.145. The van der Waals surface area contributed by atoms with Crippen LogP contribution in [0.1, 0.15) is 78.6 Å². The van der Waals surface area contributed by atoms with Gasteiger partial charge in [0.1, 0.15) is 0 Å². The molecule has 1 saturated heterocycles. The van der Waals surface area contributed by atoms with Gasteiger partial charge in [0.2, 0.25) is 0 Å². The van der Waals surface area contributed by atoms with Crippen molar-refractivity contribution in [2.24, 2.45) is 5.73 Å². The summed E-state index contributed by atoms with van der Waals surface area (Å²) in [4.78, 5) is 2.56. The van der Waals surface area contributed by atoms with Gasteiger partial charge in [0.25, 0.3) is 0 Å². The Morgan fingerprint density at radius 1 is 1.00 bits per heavy atom. The molecule has 21 heavy (non-hydrogen) atoms. The summed E-state index contributed by atoms with van der Waals surface area (Å²) in [5, 5.41) is 0. The van der Waals surface area contributed by atoms with Gasteiger partial charge in [-0.25, -0.2) is 0 Å². The molecule has 0 saturated carbocycles. The lowest BCUT2D eigenvalue weighted by Gasteiger charge is -2.46. The molecule has 0 aromatic carbocycles. The first-order chi connectivity index (χ1) is 10.1. The van der Waals surface area contributed by atoms with Crippen molar-refractivity contribution >= 4 is 0 Å². The molecule has 0 radical (unpaired) electrons. The normalized spacial score (nSPS) is 21.1. The van der Waals surface area contributed by atoms with E-state index in [-0.39, 0.29) is 11.6 Å². The summed E-state index contributed by atoms with van der Waals surface area (Å²) >= 11 is 0. The minimum atomic E-state index is 0.145. The zero-order chi connectivity index (χ0) is 15.6. The van der Waals surface area contributed by atoms with Gasteiger partial charge in [0.15, 0.2) is 0 Å². The Morgan fingerprint density at radius 2 is 1.57 bits per heavy atom. The molecule has 1 aliphatic heterocycles. The summed E-state index contributed by atoms with van der Waals surface area (Å²) in [6.07, 6.45) is 11.8. The zero-order valence-corrected chi connectivity index (χ0v) is 14.7. The van der Waals surface area contributed by atoms with Crippen molar-refractivity contribution in [3.8, 4) is 0 Å². The fourth-order valence-corrected chi connectivity index (χ4v) is 3.43. The second-order valence-electron chi connectivity index (χ2n) is 6.83. The maximum Gasteiger partial charge on any atom is 0.0594 e. The molecule has 2 unspecified atom stereocenters. The molecule has 1 rings (SSSR count). The molecule has 0 bridgehead atoms. The summed E-state index contributed by atoms with van der Waals surface area (Å²) in [5.41, 5.74) is 6.72. The van der Waals surface area contributed by atoms with Crippen LogP contribution in [0.15, 0.2) is 0 Å². The number of nitrogens with zero attached hydrogens (tertiary/aromatic N) is 1. The fourth-order valence-electron chi connectivity index (χ4n) is 3.43. The SMILES string of the molecule is CCCCCCCCCC(N)C(C)(CC)N1CCOCC1. The molecule has 2 N–H and O–H groups in total. The Kier molecular flexibility index (Phi) is 9.54. The molecule has 0 aliphatic carbocycles. The summed E-state index contributed by atoms with van der Waals surface area (Å²) in [6, 6.07) is 0.288. The molecule has 1 heterocycles. The molecule has 0 aromatic heterocycles. The summed E-state index contributed by atoms with van der Waals surface area (Å²) < 4.78 is 5.48. The molecule has 2 atom stereocenters. The number of hydrogen-bond donors (Lipinski definition) is 1. The topological polar surface area (TPSA) is 38.5 Å². The van der Waals surface area contributed by atoms with E-state index in [1.54, 1.807) is 0 Å². The van der Waals surface area contributed by atoms with Crippen molar-refractivity contribution in [2.75, 3.05) is 26.3 Å². The van der Waals surface area contributed by atoms with E-state index in [4.69, 9.17) is 10.5 Å². The van der Waals surface area contributed by atoms with Gasteiger partial charge < -0.3 is 10.5 Å². The third kappa shape index (κ3) is 6.25. The first kappa shape index (κ1) is 18.9. The quantitative estimate of drug-likeness (QED) is 0.587. The smallest absolute Gasteiger partial charge is 0.0594 e. The average Bonchev–Trinajstić information content (AvgIpc) is 2.53. The molecule has 0 aromatic rings. The third-order valence-electron chi connectivity index (χ3n) is 5.37. The van der Waals surface area contributed by atoms with Crippen molar-refractivity contribution in [1.82, 2.24) is 4.90 Å². The highest BCUT2D eigenvalue weighted by Gasteiger charge is 2.36. The standard InChI is InChI=1S/C18H38N2O/c1-4-6-7-8-9-10-11-12-17(19)18(3,5-2)20-13-15-21-16-14-20/h17H,4-16,19H2,1-3H3. The van der Waals surface area contributed by atoms with Crippen LogP contribution in [0.5, 0.6) is 0 Å². The fraction of sp³-hybridized carbons (Fsp3) is 1.00. The van der Waals surface area contributed by atoms with Gasteiger partial charge in [-0.15, -0.1) is 0 Å². The molecule has 3 heteroatoms. The lowest BCUT2D eigenvalue weighted by molar-refractivity contribution is -0.0285. The van der Waals surface area contributed by atoms with E-state index >= 15 is 0 Å². The molecular weight excluding hydrogens is 260 g/mol. The Morgan fingerprint density at radius 3 is 2.14 bits per heavy atom. The predicted molar refractivity (Wildman–Crippen MR) is 91.7 cm³/mol. The minimum Gasteiger partial charge on any atom is -0.379 e. The van der Waals surface area contributed by atoms with Crippen LogP contribution in [0.2, 0.25) is 0 Å². The number of rotatable bonds is 11. The van der Waals surface area contributed by atoms with Crippen LogP contribution in [0, 0.1) is 0 Å². The maximum absolute atomic E-state index is 6.57. The third-order valence-corrected chi connectivity index (χ3v) is 5.37. The van der Waals surface area contributed by atoms with Gasteiger partial charge >= 0.3 is 0 Å². The number of morpholine rings is 1. The predicted octanol–water partition coefficient (Wildman–Crippen LogP) is 3.96. The van der Waals surface area contributed by atoms with E-state index in [2.05, 4.69) is 25.7 Å². The Labute approximate surface area is 132 Å². The molecule has 1 aliphatic rings. The first-order valence-corrected chi connectivity index (χ1v) is 9.23. The van der Waals surface area contributed by atoms with Crippen LogP contribution >= 0.6 is 0 Å². The van der Waals surface area contributed by atoms with Crippen LogP contribution in [-0.4, -0.2) is 42.8 Å². The van der Waals surface area contributed by atoms with E-state index in [0.717, 1.165) is 39.1 Å². The number of hydrogen-bond acceptors (Lipinski definition) is 3. The van der Waals surface area contributed by atoms with Crippen LogP contribution in [0.3, 0.4) is 0 Å². The van der Waals surface area contributed by atoms with Crippen LogP contribution in [0.4, 0.5) is 0 Å². The second-order valence-corrected chi connectivity index (χ2v) is 6.83. The molecule has 1 fully saturated rings. The van der Waals surface area contributed by atoms with Crippen LogP contribution in [0.25, 0.3) is 0 Å². The largest absolute Gasteiger partial charge is 0.379 e. The van der Waals surface area contributed by atoms with E-state index in [9.17, 15) is 0 Å². The Bertz CT molecular complexity index is 254. The van der Waals surface area contributed by atoms with E-state index in [1.807, 2.05) is 0 Å². The summed E-state index contributed by atoms with van der Waals surface area (Å²) in [6.45, 7) is 10.7. The zero-order valence-electron chi connectivity index (χ0n) is 14.7. The van der Waals surface area contributed by atoms with E-state index in [0.29, 0.717) is 0 Å². The molecule has 3 nitrogen and oxygen atoms in total. The highest BCUT2D eigenvalue weighted by molar-refractivity contribution is 4.95. The first-order valence-electron chi connectivity index (χ1n) is 9.23. The van der Waals surface area contributed by atoms with Gasteiger partial charge in [-0.3, -0.25) is 4.90 Å². The van der Waals surface area contributed by atoms with Gasteiger partial charge in [0.05, 0.1) is 13.2 Å². The Hall–Kier alpha value is -0.120.